The van der Waals surface area contributed by atoms with Gasteiger partial charge in [0.2, 0.25) is 5.91 Å². The normalized spacial score (nSPS) is 13.7. The van der Waals surface area contributed by atoms with E-state index in [1.165, 1.54) is 12.1 Å². The van der Waals surface area contributed by atoms with E-state index in [9.17, 15) is 18.0 Å². The zero-order valence-corrected chi connectivity index (χ0v) is 15.9. The minimum absolute atomic E-state index is 0.0533. The lowest BCUT2D eigenvalue weighted by Crippen LogP contribution is -2.41. The number of rotatable bonds is 5. The van der Waals surface area contributed by atoms with E-state index in [4.69, 9.17) is 4.74 Å². The fourth-order valence-corrected chi connectivity index (χ4v) is 3.71. The lowest BCUT2D eigenvalue weighted by atomic mass is 10.2. The monoisotopic (exact) mass is 388 g/mol. The highest BCUT2D eigenvalue weighted by atomic mass is 32.2. The van der Waals surface area contributed by atoms with Gasteiger partial charge in [0.15, 0.2) is 15.6 Å². The zero-order chi connectivity index (χ0) is 19.6. The number of anilines is 2. The van der Waals surface area contributed by atoms with Gasteiger partial charge in [-0.25, -0.2) is 13.2 Å². The summed E-state index contributed by atoms with van der Waals surface area (Å²) >= 11 is 0. The van der Waals surface area contributed by atoms with Crippen LogP contribution in [0.25, 0.3) is 0 Å². The molecule has 2 aromatic rings. The second-order valence-electron chi connectivity index (χ2n) is 6.23. The third-order valence-corrected chi connectivity index (χ3v) is 6.04. The number of sulfone groups is 1. The molecule has 0 aliphatic carbocycles. The molecule has 0 saturated carbocycles. The minimum Gasteiger partial charge on any atom is -0.423 e. The van der Waals surface area contributed by atoms with Crippen molar-refractivity contribution in [2.24, 2.45) is 0 Å². The first-order chi connectivity index (χ1) is 12.8. The summed E-state index contributed by atoms with van der Waals surface area (Å²) in [6.07, 6.45) is 0. The summed E-state index contributed by atoms with van der Waals surface area (Å²) in [5.74, 6) is -0.737. The minimum atomic E-state index is -3.42. The first-order valence-electron chi connectivity index (χ1n) is 8.48. The van der Waals surface area contributed by atoms with Gasteiger partial charge in [-0.2, -0.15) is 0 Å². The van der Waals surface area contributed by atoms with Crippen molar-refractivity contribution < 1.29 is 22.7 Å². The van der Waals surface area contributed by atoms with E-state index in [0.29, 0.717) is 11.4 Å². The first kappa shape index (κ1) is 18.9. The van der Waals surface area contributed by atoms with Gasteiger partial charge >= 0.3 is 5.97 Å². The van der Waals surface area contributed by atoms with Crippen LogP contribution < -0.4 is 15.0 Å². The van der Waals surface area contributed by atoms with Crippen LogP contribution in [0.5, 0.6) is 5.75 Å². The molecule has 7 nitrogen and oxygen atoms in total. The number of amides is 1. The average molecular weight is 388 g/mol. The second kappa shape index (κ2) is 7.40. The number of benzene rings is 2. The number of nitrogens with zero attached hydrogens (tertiary/aromatic N) is 1. The van der Waals surface area contributed by atoms with Crippen LogP contribution in [0.3, 0.4) is 0 Å². The molecule has 0 fully saturated rings. The summed E-state index contributed by atoms with van der Waals surface area (Å²) in [4.78, 5) is 26.0. The van der Waals surface area contributed by atoms with Gasteiger partial charge in [-0.3, -0.25) is 4.79 Å². The number of hydrogen-bond acceptors (Lipinski definition) is 6. The van der Waals surface area contributed by atoms with E-state index in [1.807, 2.05) is 25.1 Å². The quantitative estimate of drug-likeness (QED) is 0.623. The van der Waals surface area contributed by atoms with Gasteiger partial charge in [-0.15, -0.1) is 0 Å². The van der Waals surface area contributed by atoms with Gasteiger partial charge in [0.1, 0.15) is 6.54 Å². The van der Waals surface area contributed by atoms with Crippen LogP contribution in [0.2, 0.25) is 0 Å². The molecule has 1 amide bonds. The molecule has 1 N–H and O–H groups in total. The van der Waals surface area contributed by atoms with Crippen LogP contribution in [0, 0.1) is 6.92 Å². The Hall–Kier alpha value is -2.87. The highest BCUT2D eigenvalue weighted by Gasteiger charge is 2.27. The number of aryl methyl sites for hydroxylation is 1. The maximum Gasteiger partial charge on any atom is 0.331 e. The molecule has 0 unspecified atom stereocenters. The van der Waals surface area contributed by atoms with Gasteiger partial charge in [0, 0.05) is 11.8 Å². The van der Waals surface area contributed by atoms with Crippen molar-refractivity contribution in [2.45, 2.75) is 18.7 Å². The Kier molecular flexibility index (Phi) is 5.18. The maximum absolute atomic E-state index is 12.4. The average Bonchev–Trinajstić information content (AvgIpc) is 2.63. The maximum atomic E-state index is 12.4. The molecule has 0 aromatic heterocycles. The summed E-state index contributed by atoms with van der Waals surface area (Å²) in [6.45, 7) is 3.28. The Morgan fingerprint density at radius 3 is 2.67 bits per heavy atom. The van der Waals surface area contributed by atoms with Gasteiger partial charge in [-0.05, 0) is 30.7 Å². The van der Waals surface area contributed by atoms with Crippen LogP contribution in [-0.4, -0.2) is 39.1 Å². The van der Waals surface area contributed by atoms with Crippen molar-refractivity contribution in [3.63, 3.8) is 0 Å². The SMILES string of the molecule is CCS(=O)(=O)c1ccc2c(c1)OC(=O)CN2CC(=O)Nc1ccccc1C. The fourth-order valence-electron chi connectivity index (χ4n) is 2.81. The number of carbonyl (C=O) groups excluding carboxylic acids is 2. The number of nitrogens with one attached hydrogen (secondary N) is 1. The molecule has 1 aliphatic rings. The molecule has 0 bridgehead atoms. The standard InChI is InChI=1S/C19H20N2O5S/c1-3-27(24,25)14-8-9-16-17(10-14)26-19(23)12-21(16)11-18(22)20-15-7-5-4-6-13(15)2/h4-10H,3,11-12H2,1-2H3,(H,20,22). The van der Waals surface area contributed by atoms with Crippen LogP contribution in [0.4, 0.5) is 11.4 Å². The third-order valence-electron chi connectivity index (χ3n) is 4.31. The molecular formula is C19H20N2O5S. The van der Waals surface area contributed by atoms with Crippen LogP contribution in [-0.2, 0) is 19.4 Å². The topological polar surface area (TPSA) is 92.8 Å². The van der Waals surface area contributed by atoms with Crippen molar-refractivity contribution in [1.29, 1.82) is 0 Å². The predicted octanol–water partition coefficient (Wildman–Crippen LogP) is 2.15. The molecule has 27 heavy (non-hydrogen) atoms. The third kappa shape index (κ3) is 4.11. The molecule has 2 aromatic carbocycles. The summed E-state index contributed by atoms with van der Waals surface area (Å²) in [5.41, 5.74) is 2.13. The molecule has 142 valence electrons. The second-order valence-corrected chi connectivity index (χ2v) is 8.50. The van der Waals surface area contributed by atoms with E-state index < -0.39 is 15.8 Å². The Morgan fingerprint density at radius 1 is 1.22 bits per heavy atom. The van der Waals surface area contributed by atoms with Gasteiger partial charge < -0.3 is 15.0 Å². The molecule has 0 atom stereocenters. The Balaban J connectivity index is 1.83. The van der Waals surface area contributed by atoms with E-state index in [1.54, 1.807) is 24.0 Å². The molecular weight excluding hydrogens is 368 g/mol. The Labute approximate surface area is 157 Å². The number of esters is 1. The van der Waals surface area contributed by atoms with Crippen molar-refractivity contribution >= 4 is 33.1 Å². The van der Waals surface area contributed by atoms with Crippen LogP contribution >= 0.6 is 0 Å². The molecule has 8 heteroatoms. The van der Waals surface area contributed by atoms with Crippen molar-refractivity contribution in [1.82, 2.24) is 0 Å². The number of para-hydroxylation sites is 1. The summed E-state index contributed by atoms with van der Waals surface area (Å²) in [7, 11) is -3.42. The Morgan fingerprint density at radius 2 is 1.96 bits per heavy atom. The number of fused-ring (bicyclic) bond motifs is 1. The number of hydrogen-bond donors (Lipinski definition) is 1. The molecule has 1 aliphatic heterocycles. The number of carbonyl (C=O) groups is 2. The lowest BCUT2D eigenvalue weighted by Gasteiger charge is -2.29. The van der Waals surface area contributed by atoms with E-state index >= 15 is 0 Å². The summed E-state index contributed by atoms with van der Waals surface area (Å²) in [6, 6.07) is 11.7. The number of ether oxygens (including phenoxy) is 1. The fraction of sp³-hybridized carbons (Fsp3) is 0.263. The van der Waals surface area contributed by atoms with Gasteiger partial charge in [0.05, 0.1) is 22.9 Å². The van der Waals surface area contributed by atoms with E-state index in [2.05, 4.69) is 5.32 Å². The van der Waals surface area contributed by atoms with Crippen molar-refractivity contribution in [3.05, 3.63) is 48.0 Å². The smallest absolute Gasteiger partial charge is 0.331 e. The van der Waals surface area contributed by atoms with E-state index in [-0.39, 0.29) is 35.4 Å². The van der Waals surface area contributed by atoms with E-state index in [0.717, 1.165) is 5.56 Å². The highest BCUT2D eigenvalue weighted by Crippen LogP contribution is 2.34. The molecule has 1 heterocycles. The molecule has 0 saturated heterocycles. The largest absolute Gasteiger partial charge is 0.423 e. The van der Waals surface area contributed by atoms with Crippen molar-refractivity contribution in [2.75, 3.05) is 29.1 Å². The predicted molar refractivity (Wildman–Crippen MR) is 102 cm³/mol. The molecule has 0 spiro atoms. The zero-order valence-electron chi connectivity index (χ0n) is 15.1. The Bertz CT molecular complexity index is 1000. The summed E-state index contributed by atoms with van der Waals surface area (Å²) in [5, 5.41) is 2.82. The van der Waals surface area contributed by atoms with Gasteiger partial charge in [-0.1, -0.05) is 25.1 Å². The first-order valence-corrected chi connectivity index (χ1v) is 10.1. The summed E-state index contributed by atoms with van der Waals surface area (Å²) < 4.78 is 29.3. The van der Waals surface area contributed by atoms with Crippen LogP contribution in [0.1, 0.15) is 12.5 Å². The van der Waals surface area contributed by atoms with Crippen molar-refractivity contribution in [3.8, 4) is 5.75 Å². The lowest BCUT2D eigenvalue weighted by molar-refractivity contribution is -0.133. The molecule has 3 rings (SSSR count). The van der Waals surface area contributed by atoms with Gasteiger partial charge in [0.25, 0.3) is 0 Å². The highest BCUT2D eigenvalue weighted by molar-refractivity contribution is 7.91. The molecule has 0 radical (unpaired) electrons. The van der Waals surface area contributed by atoms with Crippen LogP contribution in [0.15, 0.2) is 47.4 Å².